The fourth-order valence-corrected chi connectivity index (χ4v) is 3.61. The summed E-state index contributed by atoms with van der Waals surface area (Å²) in [6.07, 6.45) is -0.504. The Balaban J connectivity index is 1.98. The van der Waals surface area contributed by atoms with Crippen molar-refractivity contribution in [2.75, 3.05) is 6.61 Å². The minimum absolute atomic E-state index is 0.141. The number of fused-ring (bicyclic) bond motifs is 1. The van der Waals surface area contributed by atoms with Crippen molar-refractivity contribution < 1.29 is 18.6 Å². The zero-order valence-electron chi connectivity index (χ0n) is 13.5. The van der Waals surface area contributed by atoms with Gasteiger partial charge in [-0.15, -0.1) is 0 Å². The number of hydrogen-bond acceptors (Lipinski definition) is 4. The molecule has 2 saturated heterocycles. The van der Waals surface area contributed by atoms with Crippen molar-refractivity contribution in [3.05, 3.63) is 0 Å². The molecular formula is C14H27ClO4Si. The second-order valence-corrected chi connectivity index (χ2v) is 12.9. The molecule has 2 aliphatic rings. The molecule has 0 aromatic heterocycles. The molecule has 2 fully saturated rings. The molecule has 0 aromatic rings. The average molecular weight is 323 g/mol. The van der Waals surface area contributed by atoms with Crippen LogP contribution >= 0.6 is 11.6 Å². The summed E-state index contributed by atoms with van der Waals surface area (Å²) in [6, 6.07) is 0. The zero-order valence-corrected chi connectivity index (χ0v) is 15.3. The maximum atomic E-state index is 6.22. The zero-order chi connectivity index (χ0) is 15.3. The number of halogens is 1. The predicted molar refractivity (Wildman–Crippen MR) is 81.5 cm³/mol. The highest BCUT2D eigenvalue weighted by Gasteiger charge is 2.55. The maximum Gasteiger partial charge on any atom is 0.192 e. The standard InChI is InChI=1S/C14H27ClO4Si/c1-13(2,3)20(6,7)16-8-9-10-11(12(15)17-9)19-14(4,5)18-10/h9-12H,8H2,1-7H3/t9-,10+,11?,12+/m1/s1. The quantitative estimate of drug-likeness (QED) is 0.588. The molecule has 0 N–H and O–H groups in total. The lowest BCUT2D eigenvalue weighted by Crippen LogP contribution is -2.44. The highest BCUT2D eigenvalue weighted by atomic mass is 35.5. The third-order valence-electron chi connectivity index (χ3n) is 4.51. The van der Waals surface area contributed by atoms with Crippen LogP contribution in [0.4, 0.5) is 0 Å². The number of ether oxygens (including phenoxy) is 3. The van der Waals surface area contributed by atoms with Crippen LogP contribution in [0.3, 0.4) is 0 Å². The molecule has 6 heteroatoms. The van der Waals surface area contributed by atoms with E-state index in [9.17, 15) is 0 Å². The SMILES string of the molecule is CC1(C)OC2[C@@H](O1)[C@@H](CO[Si](C)(C)C(C)(C)C)O[C@@H]2Cl. The molecule has 2 aliphatic heterocycles. The molecule has 0 bridgehead atoms. The third kappa shape index (κ3) is 3.23. The molecule has 0 amide bonds. The summed E-state index contributed by atoms with van der Waals surface area (Å²) < 4.78 is 23.7. The van der Waals surface area contributed by atoms with E-state index in [1.54, 1.807) is 0 Å². The molecule has 0 radical (unpaired) electrons. The van der Waals surface area contributed by atoms with Gasteiger partial charge in [-0.25, -0.2) is 0 Å². The Morgan fingerprint density at radius 3 is 2.25 bits per heavy atom. The van der Waals surface area contributed by atoms with Gasteiger partial charge in [0.15, 0.2) is 19.7 Å². The summed E-state index contributed by atoms with van der Waals surface area (Å²) in [5, 5.41) is 0.178. The van der Waals surface area contributed by atoms with Crippen LogP contribution in [0.2, 0.25) is 18.1 Å². The molecule has 4 nitrogen and oxygen atoms in total. The normalized spacial score (nSPS) is 37.2. The van der Waals surface area contributed by atoms with Gasteiger partial charge in [-0.05, 0) is 32.0 Å². The lowest BCUT2D eigenvalue weighted by atomic mass is 10.2. The van der Waals surface area contributed by atoms with Gasteiger partial charge in [0.05, 0.1) is 6.61 Å². The van der Waals surface area contributed by atoms with E-state index in [2.05, 4.69) is 33.9 Å². The third-order valence-corrected chi connectivity index (χ3v) is 9.36. The summed E-state index contributed by atoms with van der Waals surface area (Å²) in [7, 11) is -1.79. The lowest BCUT2D eigenvalue weighted by molar-refractivity contribution is -0.181. The molecule has 2 heterocycles. The maximum absolute atomic E-state index is 6.22. The van der Waals surface area contributed by atoms with E-state index < -0.39 is 19.7 Å². The fraction of sp³-hybridized carbons (Fsp3) is 1.00. The summed E-state index contributed by atoms with van der Waals surface area (Å²) in [4.78, 5) is 0. The second-order valence-electron chi connectivity index (χ2n) is 7.66. The summed E-state index contributed by atoms with van der Waals surface area (Å²) in [5.74, 6) is -0.596. The molecule has 118 valence electrons. The predicted octanol–water partition coefficient (Wildman–Crippen LogP) is 3.49. The molecule has 20 heavy (non-hydrogen) atoms. The van der Waals surface area contributed by atoms with Crippen molar-refractivity contribution in [1.29, 1.82) is 0 Å². The molecule has 4 atom stereocenters. The van der Waals surface area contributed by atoms with Crippen LogP contribution in [-0.2, 0) is 18.6 Å². The molecule has 0 aliphatic carbocycles. The Hall–Kier alpha value is 0.347. The average Bonchev–Trinajstić information content (AvgIpc) is 2.70. The second kappa shape index (κ2) is 5.21. The first-order valence-corrected chi connectivity index (χ1v) is 10.6. The van der Waals surface area contributed by atoms with Crippen LogP contribution in [0.15, 0.2) is 0 Å². The van der Waals surface area contributed by atoms with Gasteiger partial charge >= 0.3 is 0 Å². The topological polar surface area (TPSA) is 36.9 Å². The Morgan fingerprint density at radius 1 is 1.15 bits per heavy atom. The van der Waals surface area contributed by atoms with E-state index in [0.717, 1.165) is 0 Å². The monoisotopic (exact) mass is 322 g/mol. The van der Waals surface area contributed by atoms with Crippen LogP contribution in [-0.4, -0.2) is 44.6 Å². The first kappa shape index (κ1) is 16.7. The van der Waals surface area contributed by atoms with Crippen molar-refractivity contribution in [3.8, 4) is 0 Å². The van der Waals surface area contributed by atoms with Crippen molar-refractivity contribution in [1.82, 2.24) is 0 Å². The first-order chi connectivity index (χ1) is 8.93. The molecular weight excluding hydrogens is 296 g/mol. The minimum atomic E-state index is -1.79. The number of alkyl halides is 1. The van der Waals surface area contributed by atoms with E-state index in [4.69, 9.17) is 30.2 Å². The van der Waals surface area contributed by atoms with Gasteiger partial charge in [0, 0.05) is 0 Å². The van der Waals surface area contributed by atoms with Crippen molar-refractivity contribution in [2.24, 2.45) is 0 Å². The summed E-state index contributed by atoms with van der Waals surface area (Å²) in [5.41, 5.74) is -0.463. The molecule has 1 unspecified atom stereocenters. The van der Waals surface area contributed by atoms with E-state index in [1.807, 2.05) is 13.8 Å². The van der Waals surface area contributed by atoms with Crippen molar-refractivity contribution in [3.63, 3.8) is 0 Å². The van der Waals surface area contributed by atoms with Gasteiger partial charge in [0.2, 0.25) is 0 Å². The van der Waals surface area contributed by atoms with E-state index in [-0.39, 0.29) is 23.4 Å². The molecule has 0 saturated carbocycles. The van der Waals surface area contributed by atoms with Gasteiger partial charge in [-0.1, -0.05) is 32.4 Å². The van der Waals surface area contributed by atoms with Gasteiger partial charge in [0.25, 0.3) is 0 Å². The Kier molecular flexibility index (Phi) is 4.36. The van der Waals surface area contributed by atoms with Crippen molar-refractivity contribution >= 4 is 19.9 Å². The highest BCUT2D eigenvalue weighted by Crippen LogP contribution is 2.41. The Morgan fingerprint density at radius 2 is 1.70 bits per heavy atom. The van der Waals surface area contributed by atoms with Crippen LogP contribution in [0, 0.1) is 0 Å². The van der Waals surface area contributed by atoms with E-state index in [0.29, 0.717) is 6.61 Å². The largest absolute Gasteiger partial charge is 0.414 e. The lowest BCUT2D eigenvalue weighted by Gasteiger charge is -2.37. The number of hydrogen-bond donors (Lipinski definition) is 0. The highest BCUT2D eigenvalue weighted by molar-refractivity contribution is 6.74. The van der Waals surface area contributed by atoms with E-state index >= 15 is 0 Å². The minimum Gasteiger partial charge on any atom is -0.414 e. The summed E-state index contributed by atoms with van der Waals surface area (Å²) in [6.45, 7) is 15.4. The fourth-order valence-electron chi connectivity index (χ4n) is 2.27. The van der Waals surface area contributed by atoms with Gasteiger partial charge < -0.3 is 18.6 Å². The summed E-state index contributed by atoms with van der Waals surface area (Å²) >= 11 is 6.20. The first-order valence-electron chi connectivity index (χ1n) is 7.22. The van der Waals surface area contributed by atoms with Crippen molar-refractivity contribution in [2.45, 2.75) is 82.4 Å². The van der Waals surface area contributed by atoms with Crippen LogP contribution in [0.25, 0.3) is 0 Å². The van der Waals surface area contributed by atoms with Crippen LogP contribution in [0.5, 0.6) is 0 Å². The molecule has 2 rings (SSSR count). The van der Waals surface area contributed by atoms with Crippen LogP contribution in [0.1, 0.15) is 34.6 Å². The van der Waals surface area contributed by atoms with Crippen LogP contribution < -0.4 is 0 Å². The number of rotatable bonds is 3. The van der Waals surface area contributed by atoms with Gasteiger partial charge in [-0.2, -0.15) is 0 Å². The smallest absolute Gasteiger partial charge is 0.192 e. The molecule has 0 aromatic carbocycles. The van der Waals surface area contributed by atoms with E-state index in [1.165, 1.54) is 0 Å². The Labute approximate surface area is 128 Å². The molecule has 0 spiro atoms. The van der Waals surface area contributed by atoms with Gasteiger partial charge in [0.1, 0.15) is 18.3 Å². The Bertz CT molecular complexity index is 367. The van der Waals surface area contributed by atoms with Gasteiger partial charge in [-0.3, -0.25) is 0 Å².